The molecule has 0 saturated carbocycles. The Hall–Kier alpha value is -2.70. The molecule has 0 saturated heterocycles. The van der Waals surface area contributed by atoms with Gasteiger partial charge >= 0.3 is 0 Å². The minimum atomic E-state index is -0.723. The Morgan fingerprint density at radius 3 is 2.60 bits per heavy atom. The van der Waals surface area contributed by atoms with Crippen LogP contribution in [-0.4, -0.2) is 5.11 Å². The fourth-order valence-corrected chi connectivity index (χ4v) is 2.58. The highest BCUT2D eigenvalue weighted by Crippen LogP contribution is 2.29. The van der Waals surface area contributed by atoms with E-state index in [-0.39, 0.29) is 19.0 Å². The molecule has 2 aromatic carbocycles. The summed E-state index contributed by atoms with van der Waals surface area (Å²) in [6.45, 7) is -0.00761. The monoisotopic (exact) mass is 344 g/mol. The van der Waals surface area contributed by atoms with E-state index in [2.05, 4.69) is 5.32 Å². The van der Waals surface area contributed by atoms with Gasteiger partial charge in [0.2, 0.25) is 0 Å². The van der Waals surface area contributed by atoms with Crippen LogP contribution >= 0.6 is 0 Å². The lowest BCUT2D eigenvalue weighted by molar-refractivity contribution is 0.242. The Labute approximate surface area is 143 Å². The lowest BCUT2D eigenvalue weighted by atomic mass is 10.0. The molecule has 1 heterocycles. The first-order chi connectivity index (χ1) is 12.1. The number of nitrogens with two attached hydrogens (primary N) is 1. The number of anilines is 1. The molecule has 0 radical (unpaired) electrons. The number of hydrogen-bond donors (Lipinski definition) is 3. The number of furan rings is 1. The predicted molar refractivity (Wildman–Crippen MR) is 90.8 cm³/mol. The van der Waals surface area contributed by atoms with Crippen LogP contribution in [0.15, 0.2) is 59.0 Å². The van der Waals surface area contributed by atoms with E-state index in [0.717, 1.165) is 0 Å². The first-order valence-corrected chi connectivity index (χ1v) is 7.80. The van der Waals surface area contributed by atoms with Gasteiger partial charge in [0.25, 0.3) is 0 Å². The zero-order chi connectivity index (χ0) is 17.8. The van der Waals surface area contributed by atoms with Crippen LogP contribution < -0.4 is 11.1 Å². The van der Waals surface area contributed by atoms with Gasteiger partial charge in [-0.2, -0.15) is 0 Å². The second-order valence-corrected chi connectivity index (χ2v) is 5.62. The normalized spacial score (nSPS) is 12.2. The average molecular weight is 344 g/mol. The Morgan fingerprint density at radius 1 is 1.08 bits per heavy atom. The van der Waals surface area contributed by atoms with E-state index in [4.69, 9.17) is 15.3 Å². The van der Waals surface area contributed by atoms with Crippen LogP contribution in [0.1, 0.15) is 28.7 Å². The highest BCUT2D eigenvalue weighted by Gasteiger charge is 2.18. The molecule has 0 amide bonds. The van der Waals surface area contributed by atoms with Crippen molar-refractivity contribution in [1.82, 2.24) is 0 Å². The maximum absolute atomic E-state index is 13.8. The number of benzene rings is 2. The van der Waals surface area contributed by atoms with E-state index in [9.17, 15) is 8.78 Å². The van der Waals surface area contributed by atoms with Crippen LogP contribution in [-0.2, 0) is 13.2 Å². The third-order valence-corrected chi connectivity index (χ3v) is 3.92. The molecule has 0 aliphatic rings. The van der Waals surface area contributed by atoms with Crippen molar-refractivity contribution < 1.29 is 18.3 Å². The van der Waals surface area contributed by atoms with Crippen molar-refractivity contribution >= 4 is 5.69 Å². The number of hydrogen-bond acceptors (Lipinski definition) is 4. The lowest BCUT2D eigenvalue weighted by Gasteiger charge is -2.17. The summed E-state index contributed by atoms with van der Waals surface area (Å²) in [6.07, 6.45) is 0. The van der Waals surface area contributed by atoms with Crippen LogP contribution in [0.4, 0.5) is 14.5 Å². The second kappa shape index (κ2) is 7.46. The van der Waals surface area contributed by atoms with Gasteiger partial charge in [0, 0.05) is 23.4 Å². The minimum Gasteiger partial charge on any atom is -0.462 e. The molecule has 1 aromatic heterocycles. The fraction of sp³-hybridized carbons (Fsp3) is 0.158. The summed E-state index contributed by atoms with van der Waals surface area (Å²) < 4.78 is 32.9. The highest BCUT2D eigenvalue weighted by atomic mass is 19.1. The van der Waals surface area contributed by atoms with Crippen molar-refractivity contribution in [3.05, 3.63) is 88.9 Å². The molecule has 3 rings (SSSR count). The van der Waals surface area contributed by atoms with Gasteiger partial charge in [-0.05, 0) is 36.4 Å². The third kappa shape index (κ3) is 3.87. The maximum atomic E-state index is 13.8. The van der Waals surface area contributed by atoms with Gasteiger partial charge in [-0.25, -0.2) is 8.78 Å². The number of rotatable bonds is 6. The summed E-state index contributed by atoms with van der Waals surface area (Å²) in [5.74, 6) is 0.0312. The van der Waals surface area contributed by atoms with E-state index in [1.165, 1.54) is 18.2 Å². The molecule has 6 heteroatoms. The SMILES string of the molecule is NC(c1ccc(CO)o1)c1cc(F)ccc1NCc1ccccc1F. The molecule has 0 aliphatic heterocycles. The molecular formula is C19H18F2N2O2. The van der Waals surface area contributed by atoms with Crippen LogP contribution in [0.5, 0.6) is 0 Å². The Bertz CT molecular complexity index is 864. The van der Waals surface area contributed by atoms with Gasteiger partial charge in [0.1, 0.15) is 29.8 Å². The minimum absolute atomic E-state index is 0.234. The van der Waals surface area contributed by atoms with Crippen molar-refractivity contribution in [3.63, 3.8) is 0 Å². The third-order valence-electron chi connectivity index (χ3n) is 3.92. The van der Waals surface area contributed by atoms with Gasteiger partial charge in [0.05, 0.1) is 6.04 Å². The Morgan fingerprint density at radius 2 is 1.88 bits per heavy atom. The maximum Gasteiger partial charge on any atom is 0.129 e. The van der Waals surface area contributed by atoms with Crippen molar-refractivity contribution in [2.45, 2.75) is 19.2 Å². The quantitative estimate of drug-likeness (QED) is 0.637. The molecule has 130 valence electrons. The fourth-order valence-electron chi connectivity index (χ4n) is 2.58. The average Bonchev–Trinajstić information content (AvgIpc) is 3.10. The second-order valence-electron chi connectivity index (χ2n) is 5.62. The zero-order valence-electron chi connectivity index (χ0n) is 13.4. The van der Waals surface area contributed by atoms with Gasteiger partial charge in [-0.1, -0.05) is 18.2 Å². The first kappa shape index (κ1) is 17.1. The van der Waals surface area contributed by atoms with E-state index >= 15 is 0 Å². The van der Waals surface area contributed by atoms with E-state index in [1.807, 2.05) is 0 Å². The van der Waals surface area contributed by atoms with Crippen LogP contribution in [0.2, 0.25) is 0 Å². The van der Waals surface area contributed by atoms with Crippen molar-refractivity contribution in [2.24, 2.45) is 5.73 Å². The molecule has 4 N–H and O–H groups in total. The Balaban J connectivity index is 1.86. The smallest absolute Gasteiger partial charge is 0.129 e. The topological polar surface area (TPSA) is 71.4 Å². The highest BCUT2D eigenvalue weighted by molar-refractivity contribution is 5.54. The lowest BCUT2D eigenvalue weighted by Crippen LogP contribution is -2.14. The van der Waals surface area contributed by atoms with Crippen LogP contribution in [0.3, 0.4) is 0 Å². The zero-order valence-corrected chi connectivity index (χ0v) is 13.4. The summed E-state index contributed by atoms with van der Waals surface area (Å²) in [5.41, 5.74) is 7.75. The van der Waals surface area contributed by atoms with E-state index in [0.29, 0.717) is 28.3 Å². The first-order valence-electron chi connectivity index (χ1n) is 7.80. The molecule has 1 unspecified atom stereocenters. The van der Waals surface area contributed by atoms with Gasteiger partial charge in [0.15, 0.2) is 0 Å². The molecule has 4 nitrogen and oxygen atoms in total. The van der Waals surface area contributed by atoms with Gasteiger partial charge < -0.3 is 20.6 Å². The van der Waals surface area contributed by atoms with E-state index in [1.54, 1.807) is 36.4 Å². The molecule has 1 atom stereocenters. The number of halogens is 2. The summed E-state index contributed by atoms with van der Waals surface area (Å²) in [4.78, 5) is 0. The largest absolute Gasteiger partial charge is 0.462 e. The summed E-state index contributed by atoms with van der Waals surface area (Å²) >= 11 is 0. The molecule has 0 fully saturated rings. The van der Waals surface area contributed by atoms with Crippen LogP contribution in [0.25, 0.3) is 0 Å². The van der Waals surface area contributed by atoms with Gasteiger partial charge in [-0.3, -0.25) is 0 Å². The van der Waals surface area contributed by atoms with Gasteiger partial charge in [-0.15, -0.1) is 0 Å². The Kier molecular flexibility index (Phi) is 5.11. The van der Waals surface area contributed by atoms with Crippen molar-refractivity contribution in [3.8, 4) is 0 Å². The number of aliphatic hydroxyl groups excluding tert-OH is 1. The summed E-state index contributed by atoms with van der Waals surface area (Å²) in [5, 5.41) is 12.2. The summed E-state index contributed by atoms with van der Waals surface area (Å²) in [7, 11) is 0. The number of aliphatic hydroxyl groups is 1. The van der Waals surface area contributed by atoms with Crippen molar-refractivity contribution in [2.75, 3.05) is 5.32 Å². The molecule has 0 bridgehead atoms. The standard InChI is InChI=1S/C19H18F2N2O2/c20-13-5-7-17(23-10-12-3-1-2-4-16(12)21)15(9-13)19(22)18-8-6-14(11-24)25-18/h1-9,19,23-24H,10-11,22H2. The molecule has 25 heavy (non-hydrogen) atoms. The molecule has 0 aliphatic carbocycles. The van der Waals surface area contributed by atoms with E-state index < -0.39 is 11.9 Å². The number of nitrogens with one attached hydrogen (secondary N) is 1. The molecule has 0 spiro atoms. The molecular weight excluding hydrogens is 326 g/mol. The summed E-state index contributed by atoms with van der Waals surface area (Å²) in [6, 6.07) is 13.1. The molecule has 3 aromatic rings. The van der Waals surface area contributed by atoms with Crippen molar-refractivity contribution in [1.29, 1.82) is 0 Å². The van der Waals surface area contributed by atoms with Crippen LogP contribution in [0, 0.1) is 11.6 Å². The predicted octanol–water partition coefficient (Wildman–Crippen LogP) is 3.71.